The Labute approximate surface area is 59.1 Å². The number of pyridine rings is 1. The minimum atomic E-state index is 0.287. The fourth-order valence-electron chi connectivity index (χ4n) is 0.615. The number of nitrogens with zero attached hydrogens (tertiary/aromatic N) is 1. The van der Waals surface area contributed by atoms with Crippen molar-refractivity contribution in [2.24, 2.45) is 0 Å². The molecule has 1 aromatic heterocycles. The third-order valence-electron chi connectivity index (χ3n) is 1.18. The summed E-state index contributed by atoms with van der Waals surface area (Å²) >= 11 is 0. The first-order valence-corrected chi connectivity index (χ1v) is 2.72. The second-order valence-corrected chi connectivity index (χ2v) is 1.80. The van der Waals surface area contributed by atoms with Gasteiger partial charge in [-0.15, -0.1) is 6.42 Å². The summed E-state index contributed by atoms with van der Waals surface area (Å²) in [4.78, 5) is 3.74. The molecule has 3 nitrogen and oxygen atoms in total. The molecule has 1 rings (SSSR count). The molecule has 10 heavy (non-hydrogen) atoms. The molecule has 0 spiro atoms. The number of nitrogens with two attached hydrogens (primary N) is 2. The van der Waals surface area contributed by atoms with Gasteiger partial charge < -0.3 is 11.5 Å². The molecule has 4 N–H and O–H groups in total. The normalized spacial score (nSPS) is 8.70. The molecule has 0 saturated heterocycles. The van der Waals surface area contributed by atoms with E-state index >= 15 is 0 Å². The molecular weight excluding hydrogens is 126 g/mol. The van der Waals surface area contributed by atoms with Crippen molar-refractivity contribution in [1.29, 1.82) is 0 Å². The Bertz CT molecular complexity index is 285. The lowest BCUT2D eigenvalue weighted by molar-refractivity contribution is 1.33. The summed E-state index contributed by atoms with van der Waals surface area (Å²) in [5.74, 6) is 2.68. The first kappa shape index (κ1) is 6.43. The fraction of sp³-hybridized carbons (Fsp3) is 0. The van der Waals surface area contributed by atoms with Gasteiger partial charge in [-0.1, -0.05) is 5.92 Å². The summed E-state index contributed by atoms with van der Waals surface area (Å²) in [6.45, 7) is 0. The summed E-state index contributed by atoms with van der Waals surface area (Å²) in [6.07, 6.45) is 6.63. The van der Waals surface area contributed by atoms with Gasteiger partial charge in [-0.05, 0) is 6.07 Å². The van der Waals surface area contributed by atoms with E-state index < -0.39 is 0 Å². The fourth-order valence-corrected chi connectivity index (χ4v) is 0.615. The van der Waals surface area contributed by atoms with Gasteiger partial charge in [-0.25, -0.2) is 4.98 Å². The van der Waals surface area contributed by atoms with Gasteiger partial charge in [-0.3, -0.25) is 0 Å². The zero-order chi connectivity index (χ0) is 7.56. The molecule has 50 valence electrons. The van der Waals surface area contributed by atoms with Crippen LogP contribution in [0.3, 0.4) is 0 Å². The number of rotatable bonds is 0. The Hall–Kier alpha value is -1.69. The van der Waals surface area contributed by atoms with Crippen molar-refractivity contribution in [2.75, 3.05) is 11.5 Å². The van der Waals surface area contributed by atoms with Crippen molar-refractivity contribution in [3.8, 4) is 12.3 Å². The number of anilines is 2. The van der Waals surface area contributed by atoms with Crippen LogP contribution < -0.4 is 11.5 Å². The van der Waals surface area contributed by atoms with Crippen LogP contribution in [-0.2, 0) is 0 Å². The first-order valence-electron chi connectivity index (χ1n) is 2.72. The van der Waals surface area contributed by atoms with Gasteiger partial charge >= 0.3 is 0 Å². The van der Waals surface area contributed by atoms with Crippen LogP contribution in [0, 0.1) is 12.3 Å². The van der Waals surface area contributed by atoms with E-state index in [1.54, 1.807) is 6.07 Å². The van der Waals surface area contributed by atoms with Crippen molar-refractivity contribution in [3.63, 3.8) is 0 Å². The summed E-state index contributed by atoms with van der Waals surface area (Å²) in [6, 6.07) is 1.64. The average Bonchev–Trinajstić information content (AvgIpc) is 1.95. The van der Waals surface area contributed by atoms with Crippen LogP contribution >= 0.6 is 0 Å². The maximum absolute atomic E-state index is 5.46. The molecule has 0 aliphatic heterocycles. The summed E-state index contributed by atoms with van der Waals surface area (Å²) < 4.78 is 0. The molecule has 0 fully saturated rings. The molecule has 0 aliphatic rings. The highest BCUT2D eigenvalue weighted by molar-refractivity contribution is 5.67. The second-order valence-electron chi connectivity index (χ2n) is 1.80. The van der Waals surface area contributed by atoms with E-state index in [4.69, 9.17) is 17.9 Å². The number of nitrogen functional groups attached to an aromatic ring is 2. The smallest absolute Gasteiger partial charge is 0.147 e. The van der Waals surface area contributed by atoms with Crippen LogP contribution in [-0.4, -0.2) is 4.98 Å². The predicted molar refractivity (Wildman–Crippen MR) is 41.0 cm³/mol. The van der Waals surface area contributed by atoms with Gasteiger partial charge in [0.1, 0.15) is 5.82 Å². The van der Waals surface area contributed by atoms with Crippen molar-refractivity contribution in [2.45, 2.75) is 0 Å². The molecule has 3 heteroatoms. The molecule has 1 aromatic rings. The Kier molecular flexibility index (Phi) is 1.46. The lowest BCUT2D eigenvalue weighted by Crippen LogP contribution is -1.99. The highest BCUT2D eigenvalue weighted by Gasteiger charge is 1.97. The van der Waals surface area contributed by atoms with Crippen molar-refractivity contribution in [3.05, 3.63) is 17.8 Å². The van der Waals surface area contributed by atoms with Gasteiger partial charge in [0.25, 0.3) is 0 Å². The highest BCUT2D eigenvalue weighted by atomic mass is 14.9. The topological polar surface area (TPSA) is 64.9 Å². The van der Waals surface area contributed by atoms with E-state index in [-0.39, 0.29) is 5.82 Å². The second kappa shape index (κ2) is 2.28. The minimum Gasteiger partial charge on any atom is -0.395 e. The lowest BCUT2D eigenvalue weighted by atomic mass is 10.2. The van der Waals surface area contributed by atoms with Crippen LogP contribution in [0.15, 0.2) is 12.3 Å². The van der Waals surface area contributed by atoms with Gasteiger partial charge in [0.05, 0.1) is 11.3 Å². The first-order chi connectivity index (χ1) is 4.75. The molecule has 0 amide bonds. The summed E-state index contributed by atoms with van der Waals surface area (Å²) in [7, 11) is 0. The molecule has 1 heterocycles. The maximum atomic E-state index is 5.46. The summed E-state index contributed by atoms with van der Waals surface area (Å²) in [5.41, 5.74) is 11.8. The van der Waals surface area contributed by atoms with Crippen molar-refractivity contribution >= 4 is 11.5 Å². The number of aromatic nitrogens is 1. The van der Waals surface area contributed by atoms with Crippen molar-refractivity contribution in [1.82, 2.24) is 4.98 Å². The van der Waals surface area contributed by atoms with E-state index in [0.29, 0.717) is 11.3 Å². The Morgan fingerprint density at radius 3 is 2.70 bits per heavy atom. The number of terminal acetylenes is 1. The maximum Gasteiger partial charge on any atom is 0.147 e. The molecule has 0 unspecified atom stereocenters. The van der Waals surface area contributed by atoms with Crippen LogP contribution in [0.2, 0.25) is 0 Å². The third kappa shape index (κ3) is 0.869. The van der Waals surface area contributed by atoms with Crippen molar-refractivity contribution < 1.29 is 0 Å². The van der Waals surface area contributed by atoms with Crippen LogP contribution in [0.5, 0.6) is 0 Å². The zero-order valence-electron chi connectivity index (χ0n) is 5.33. The standard InChI is InChI=1S/C7H7N3/c1-2-5-3-4-10-7(9)6(5)8/h1,3-4H,8H2,(H2,9,10). The zero-order valence-corrected chi connectivity index (χ0v) is 5.33. The van der Waals surface area contributed by atoms with Gasteiger partial charge in [0.15, 0.2) is 0 Å². The average molecular weight is 133 g/mol. The van der Waals surface area contributed by atoms with E-state index in [1.807, 2.05) is 0 Å². The number of hydrogen-bond donors (Lipinski definition) is 2. The molecule has 0 atom stereocenters. The van der Waals surface area contributed by atoms with Crippen LogP contribution in [0.25, 0.3) is 0 Å². The largest absolute Gasteiger partial charge is 0.395 e. The minimum absolute atomic E-state index is 0.287. The predicted octanol–water partition coefficient (Wildman–Crippen LogP) is 0.227. The van der Waals surface area contributed by atoms with Gasteiger partial charge in [0, 0.05) is 6.20 Å². The van der Waals surface area contributed by atoms with Crippen LogP contribution in [0.1, 0.15) is 5.56 Å². The monoisotopic (exact) mass is 133 g/mol. The Balaban J connectivity index is 3.31. The van der Waals surface area contributed by atoms with E-state index in [0.717, 1.165) is 0 Å². The lowest BCUT2D eigenvalue weighted by Gasteiger charge is -1.98. The third-order valence-corrected chi connectivity index (χ3v) is 1.18. The quantitative estimate of drug-likeness (QED) is 0.498. The highest BCUT2D eigenvalue weighted by Crippen LogP contribution is 2.14. The molecule has 0 aromatic carbocycles. The molecule has 0 saturated carbocycles. The van der Waals surface area contributed by atoms with Gasteiger partial charge in [0.2, 0.25) is 0 Å². The molecule has 0 bridgehead atoms. The molecule has 0 aliphatic carbocycles. The molecular formula is C7H7N3. The molecule has 0 radical (unpaired) electrons. The Morgan fingerprint density at radius 1 is 1.50 bits per heavy atom. The SMILES string of the molecule is C#Cc1ccnc(N)c1N. The van der Waals surface area contributed by atoms with E-state index in [1.165, 1.54) is 6.20 Å². The van der Waals surface area contributed by atoms with E-state index in [2.05, 4.69) is 10.9 Å². The van der Waals surface area contributed by atoms with Crippen LogP contribution in [0.4, 0.5) is 11.5 Å². The van der Waals surface area contributed by atoms with Gasteiger partial charge in [-0.2, -0.15) is 0 Å². The van der Waals surface area contributed by atoms with E-state index in [9.17, 15) is 0 Å². The Morgan fingerprint density at radius 2 is 2.20 bits per heavy atom. The summed E-state index contributed by atoms with van der Waals surface area (Å²) in [5, 5.41) is 0. The number of hydrogen-bond acceptors (Lipinski definition) is 3.